The average Bonchev–Trinajstić information content (AvgIpc) is 3.04. The summed E-state index contributed by atoms with van der Waals surface area (Å²) in [5.41, 5.74) is -0.452. The molecule has 1 aromatic heterocycles. The van der Waals surface area contributed by atoms with E-state index in [2.05, 4.69) is 10.3 Å². The number of rotatable bonds is 5. The molecule has 3 N–H and O–H groups in total. The molecule has 0 spiro atoms. The van der Waals surface area contributed by atoms with Gasteiger partial charge in [0.05, 0.1) is 12.7 Å². The predicted molar refractivity (Wildman–Crippen MR) is 86.6 cm³/mol. The lowest BCUT2D eigenvalue weighted by molar-refractivity contribution is -0.0245. The van der Waals surface area contributed by atoms with E-state index in [1.165, 1.54) is 36.7 Å². The minimum Gasteiger partial charge on any atom is -0.394 e. The molecule has 0 unspecified atom stereocenters. The van der Waals surface area contributed by atoms with Crippen LogP contribution in [-0.4, -0.2) is 33.9 Å². The minimum absolute atomic E-state index is 0.0542. The maximum atomic E-state index is 12.0. The average molecular weight is 323 g/mol. The highest BCUT2D eigenvalue weighted by Crippen LogP contribution is 2.27. The van der Waals surface area contributed by atoms with Crippen LogP contribution in [0.1, 0.15) is 51.2 Å². The summed E-state index contributed by atoms with van der Waals surface area (Å²) in [7, 11) is 0. The van der Waals surface area contributed by atoms with Gasteiger partial charge in [-0.05, 0) is 31.6 Å². The van der Waals surface area contributed by atoms with Crippen molar-refractivity contribution in [2.24, 2.45) is 5.92 Å². The summed E-state index contributed by atoms with van der Waals surface area (Å²) >= 11 is 0. The summed E-state index contributed by atoms with van der Waals surface area (Å²) in [6.07, 6.45) is 8.42. The molecule has 2 heterocycles. The first-order valence-corrected chi connectivity index (χ1v) is 8.53. The molecule has 7 nitrogen and oxygen atoms in total. The van der Waals surface area contributed by atoms with Crippen molar-refractivity contribution in [3.63, 3.8) is 0 Å². The number of aliphatic hydroxyl groups excluding tert-OH is 1. The third-order valence-electron chi connectivity index (χ3n) is 4.87. The summed E-state index contributed by atoms with van der Waals surface area (Å²) in [6, 6.07) is 0. The van der Waals surface area contributed by atoms with Crippen LogP contribution >= 0.6 is 0 Å². The predicted octanol–water partition coefficient (Wildman–Crippen LogP) is 1.20. The second-order valence-corrected chi connectivity index (χ2v) is 6.57. The van der Waals surface area contributed by atoms with Crippen molar-refractivity contribution in [2.75, 3.05) is 18.5 Å². The van der Waals surface area contributed by atoms with Crippen LogP contribution in [0.2, 0.25) is 0 Å². The number of anilines is 1. The van der Waals surface area contributed by atoms with Crippen LogP contribution < -0.4 is 16.6 Å². The highest BCUT2D eigenvalue weighted by atomic mass is 16.5. The molecule has 1 aliphatic heterocycles. The first kappa shape index (κ1) is 16.3. The third-order valence-corrected chi connectivity index (χ3v) is 4.87. The smallest absolute Gasteiger partial charge is 0.330 e. The fraction of sp³-hybridized carbons (Fsp3) is 0.750. The number of ether oxygens (including phenoxy) is 1. The standard InChI is InChI=1S/C16H25N3O4/c20-10-12-6-7-14(23-12)19-9-13(15(21)18-16(19)22)17-8-11-4-2-1-3-5-11/h9,11-12,14,17,20H,1-8,10H2,(H,18,21,22)/t12-,14+/m0/s1. The number of aliphatic hydroxyl groups is 1. The van der Waals surface area contributed by atoms with E-state index in [4.69, 9.17) is 9.84 Å². The maximum absolute atomic E-state index is 12.0. The van der Waals surface area contributed by atoms with Gasteiger partial charge in [-0.25, -0.2) is 4.79 Å². The van der Waals surface area contributed by atoms with Crippen molar-refractivity contribution in [2.45, 2.75) is 57.3 Å². The molecule has 2 aliphatic rings. The number of hydrogen-bond acceptors (Lipinski definition) is 5. The molecular formula is C16H25N3O4. The first-order valence-electron chi connectivity index (χ1n) is 8.53. The first-order chi connectivity index (χ1) is 11.2. The number of hydrogen-bond donors (Lipinski definition) is 3. The normalized spacial score (nSPS) is 25.6. The van der Waals surface area contributed by atoms with E-state index in [0.717, 1.165) is 6.54 Å². The number of aromatic amines is 1. The van der Waals surface area contributed by atoms with Crippen molar-refractivity contribution in [3.05, 3.63) is 27.0 Å². The molecule has 0 aromatic carbocycles. The molecule has 7 heteroatoms. The second kappa shape index (κ2) is 7.31. The van der Waals surface area contributed by atoms with Gasteiger partial charge in [-0.1, -0.05) is 19.3 Å². The topological polar surface area (TPSA) is 96.4 Å². The Hall–Kier alpha value is -1.60. The lowest BCUT2D eigenvalue weighted by Gasteiger charge is -2.22. The molecule has 0 bridgehead atoms. The Bertz CT molecular complexity index is 633. The SMILES string of the molecule is O=c1[nH]c(=O)n([C@H]2CC[C@@H](CO)O2)cc1NCC1CCCCC1. The molecule has 1 saturated carbocycles. The summed E-state index contributed by atoms with van der Waals surface area (Å²) in [6.45, 7) is 0.702. The van der Waals surface area contributed by atoms with E-state index in [1.54, 1.807) is 6.20 Å². The van der Waals surface area contributed by atoms with E-state index in [0.29, 0.717) is 24.4 Å². The van der Waals surface area contributed by atoms with E-state index in [-0.39, 0.29) is 12.7 Å². The summed E-state index contributed by atoms with van der Waals surface area (Å²) in [5, 5.41) is 12.3. The lowest BCUT2D eigenvalue weighted by Crippen LogP contribution is -2.34. The molecule has 128 valence electrons. The molecular weight excluding hydrogens is 298 g/mol. The number of H-pyrrole nitrogens is 1. The van der Waals surface area contributed by atoms with Crippen LogP contribution in [0.5, 0.6) is 0 Å². The molecule has 2 fully saturated rings. The number of aromatic nitrogens is 2. The van der Waals surface area contributed by atoms with Crippen molar-refractivity contribution in [3.8, 4) is 0 Å². The monoisotopic (exact) mass is 323 g/mol. The molecule has 1 saturated heterocycles. The highest BCUT2D eigenvalue weighted by Gasteiger charge is 2.27. The quantitative estimate of drug-likeness (QED) is 0.756. The van der Waals surface area contributed by atoms with Gasteiger partial charge in [-0.15, -0.1) is 0 Å². The second-order valence-electron chi connectivity index (χ2n) is 6.57. The van der Waals surface area contributed by atoms with Gasteiger partial charge in [0.25, 0.3) is 5.56 Å². The van der Waals surface area contributed by atoms with Crippen molar-refractivity contribution < 1.29 is 9.84 Å². The van der Waals surface area contributed by atoms with E-state index >= 15 is 0 Å². The van der Waals surface area contributed by atoms with Crippen LogP contribution in [0.15, 0.2) is 15.8 Å². The van der Waals surface area contributed by atoms with Gasteiger partial charge in [0.2, 0.25) is 0 Å². The number of nitrogens with zero attached hydrogens (tertiary/aromatic N) is 1. The Labute approximate surface area is 134 Å². The number of nitrogens with one attached hydrogen (secondary N) is 2. The molecule has 0 radical (unpaired) electrons. The van der Waals surface area contributed by atoms with Crippen LogP contribution in [0.3, 0.4) is 0 Å². The van der Waals surface area contributed by atoms with Gasteiger partial charge >= 0.3 is 5.69 Å². The van der Waals surface area contributed by atoms with E-state index in [1.807, 2.05) is 0 Å². The summed E-state index contributed by atoms with van der Waals surface area (Å²) in [4.78, 5) is 26.4. The van der Waals surface area contributed by atoms with Gasteiger partial charge in [0.15, 0.2) is 0 Å². The van der Waals surface area contributed by atoms with Gasteiger partial charge in [-0.2, -0.15) is 0 Å². The van der Waals surface area contributed by atoms with Crippen LogP contribution in [0.25, 0.3) is 0 Å². The molecule has 0 amide bonds. The Morgan fingerprint density at radius 1 is 1.22 bits per heavy atom. The minimum atomic E-state index is -0.471. The van der Waals surface area contributed by atoms with E-state index in [9.17, 15) is 9.59 Å². The molecule has 1 aliphatic carbocycles. The fourth-order valence-corrected chi connectivity index (χ4v) is 3.50. The zero-order valence-corrected chi connectivity index (χ0v) is 13.3. The Kier molecular flexibility index (Phi) is 5.17. The zero-order valence-electron chi connectivity index (χ0n) is 13.3. The lowest BCUT2D eigenvalue weighted by atomic mass is 9.89. The fourth-order valence-electron chi connectivity index (χ4n) is 3.50. The Morgan fingerprint density at radius 3 is 2.70 bits per heavy atom. The van der Waals surface area contributed by atoms with Gasteiger partial charge in [0, 0.05) is 12.7 Å². The van der Waals surface area contributed by atoms with Crippen molar-refractivity contribution in [1.82, 2.24) is 9.55 Å². The maximum Gasteiger partial charge on any atom is 0.330 e. The molecule has 23 heavy (non-hydrogen) atoms. The largest absolute Gasteiger partial charge is 0.394 e. The Balaban J connectivity index is 1.71. The molecule has 2 atom stereocenters. The van der Waals surface area contributed by atoms with Crippen molar-refractivity contribution >= 4 is 5.69 Å². The van der Waals surface area contributed by atoms with Crippen molar-refractivity contribution in [1.29, 1.82) is 0 Å². The zero-order chi connectivity index (χ0) is 16.2. The highest BCUT2D eigenvalue weighted by molar-refractivity contribution is 5.37. The summed E-state index contributed by atoms with van der Waals surface area (Å²) < 4.78 is 7.05. The van der Waals surface area contributed by atoms with Gasteiger partial charge < -0.3 is 15.2 Å². The summed E-state index contributed by atoms with van der Waals surface area (Å²) in [5.74, 6) is 0.588. The van der Waals surface area contributed by atoms with Gasteiger partial charge in [0.1, 0.15) is 11.9 Å². The van der Waals surface area contributed by atoms with Gasteiger partial charge in [-0.3, -0.25) is 14.3 Å². The third kappa shape index (κ3) is 3.84. The van der Waals surface area contributed by atoms with E-state index < -0.39 is 17.5 Å². The van der Waals surface area contributed by atoms with Crippen LogP contribution in [0, 0.1) is 5.92 Å². The van der Waals surface area contributed by atoms with Crippen LogP contribution in [-0.2, 0) is 4.74 Å². The molecule has 3 rings (SSSR count). The Morgan fingerprint density at radius 2 is 2.00 bits per heavy atom. The van der Waals surface area contributed by atoms with Crippen LogP contribution in [0.4, 0.5) is 5.69 Å². The molecule has 1 aromatic rings.